The van der Waals surface area contributed by atoms with Gasteiger partial charge >= 0.3 is 5.97 Å². The SMILES string of the molecule is CC(NS(=O)(=O)c1ccc(Cl)c(C(=O)O)c1)C1C2CC3CC(C2)CC1C3. The average molecular weight is 398 g/mol. The Kier molecular flexibility index (Phi) is 4.56. The maximum atomic E-state index is 12.8. The molecule has 5 rings (SSSR count). The van der Waals surface area contributed by atoms with E-state index in [1.807, 2.05) is 6.92 Å². The first-order valence-corrected chi connectivity index (χ1v) is 11.2. The van der Waals surface area contributed by atoms with E-state index in [9.17, 15) is 18.3 Å². The zero-order valence-corrected chi connectivity index (χ0v) is 16.3. The Labute approximate surface area is 159 Å². The number of sulfonamides is 1. The molecule has 1 unspecified atom stereocenters. The molecule has 1 atom stereocenters. The predicted molar refractivity (Wildman–Crippen MR) is 98.7 cm³/mol. The van der Waals surface area contributed by atoms with Crippen molar-refractivity contribution in [3.63, 3.8) is 0 Å². The number of rotatable bonds is 5. The molecule has 142 valence electrons. The van der Waals surface area contributed by atoms with Gasteiger partial charge in [0, 0.05) is 6.04 Å². The number of nitrogens with one attached hydrogen (secondary N) is 1. The van der Waals surface area contributed by atoms with E-state index in [4.69, 9.17) is 11.6 Å². The number of carbonyl (C=O) groups is 1. The second-order valence-electron chi connectivity index (χ2n) is 8.36. The van der Waals surface area contributed by atoms with Gasteiger partial charge in [0.25, 0.3) is 0 Å². The van der Waals surface area contributed by atoms with Crippen molar-refractivity contribution in [3.8, 4) is 0 Å². The van der Waals surface area contributed by atoms with Gasteiger partial charge in [0.1, 0.15) is 0 Å². The lowest BCUT2D eigenvalue weighted by molar-refractivity contribution is -0.0463. The van der Waals surface area contributed by atoms with Gasteiger partial charge in [0.15, 0.2) is 0 Å². The monoisotopic (exact) mass is 397 g/mol. The Morgan fingerprint density at radius 1 is 1.15 bits per heavy atom. The van der Waals surface area contributed by atoms with Gasteiger partial charge in [0.05, 0.1) is 15.5 Å². The van der Waals surface area contributed by atoms with Crippen LogP contribution in [0.3, 0.4) is 0 Å². The summed E-state index contributed by atoms with van der Waals surface area (Å²) in [6.45, 7) is 1.96. The summed E-state index contributed by atoms with van der Waals surface area (Å²) in [5.41, 5.74) is -0.197. The van der Waals surface area contributed by atoms with Crippen LogP contribution in [0.15, 0.2) is 23.1 Å². The summed E-state index contributed by atoms with van der Waals surface area (Å²) in [5, 5.41) is 9.21. The Balaban J connectivity index is 1.54. The van der Waals surface area contributed by atoms with Crippen molar-refractivity contribution in [2.75, 3.05) is 0 Å². The molecule has 0 spiro atoms. The zero-order chi connectivity index (χ0) is 18.6. The molecule has 1 aromatic rings. The molecule has 5 nitrogen and oxygen atoms in total. The van der Waals surface area contributed by atoms with Gasteiger partial charge in [-0.1, -0.05) is 11.6 Å². The minimum Gasteiger partial charge on any atom is -0.478 e. The van der Waals surface area contributed by atoms with E-state index in [-0.39, 0.29) is 21.5 Å². The highest BCUT2D eigenvalue weighted by molar-refractivity contribution is 7.89. The van der Waals surface area contributed by atoms with Gasteiger partial charge in [0.2, 0.25) is 10.0 Å². The fourth-order valence-electron chi connectivity index (χ4n) is 6.01. The minimum absolute atomic E-state index is 0.0329. The number of hydrogen-bond donors (Lipinski definition) is 2. The van der Waals surface area contributed by atoms with E-state index in [1.165, 1.54) is 44.2 Å². The van der Waals surface area contributed by atoms with Crippen LogP contribution in [0.25, 0.3) is 0 Å². The molecule has 4 bridgehead atoms. The Bertz CT molecular complexity index is 810. The van der Waals surface area contributed by atoms with Gasteiger partial charge in [-0.2, -0.15) is 0 Å². The number of carboxylic acid groups (broad SMARTS) is 1. The first-order valence-electron chi connectivity index (χ1n) is 9.29. The normalized spacial score (nSPS) is 34.0. The maximum absolute atomic E-state index is 12.8. The maximum Gasteiger partial charge on any atom is 0.337 e. The first kappa shape index (κ1) is 18.3. The second-order valence-corrected chi connectivity index (χ2v) is 10.5. The molecule has 0 saturated heterocycles. The van der Waals surface area contributed by atoms with E-state index < -0.39 is 16.0 Å². The number of aromatic carboxylic acids is 1. The van der Waals surface area contributed by atoms with Gasteiger partial charge in [-0.15, -0.1) is 0 Å². The number of benzene rings is 1. The summed E-state index contributed by atoms with van der Waals surface area (Å²) >= 11 is 5.86. The van der Waals surface area contributed by atoms with E-state index >= 15 is 0 Å². The molecule has 7 heteroatoms. The van der Waals surface area contributed by atoms with E-state index in [1.54, 1.807) is 0 Å². The lowest BCUT2D eigenvalue weighted by Crippen LogP contribution is -2.52. The highest BCUT2D eigenvalue weighted by Crippen LogP contribution is 2.57. The zero-order valence-electron chi connectivity index (χ0n) is 14.7. The molecule has 4 aliphatic carbocycles. The molecule has 0 aromatic heterocycles. The summed E-state index contributed by atoms with van der Waals surface area (Å²) in [5.74, 6) is 2.05. The first-order chi connectivity index (χ1) is 12.2. The van der Waals surface area contributed by atoms with Crippen LogP contribution in [0.2, 0.25) is 5.02 Å². The Hall–Kier alpha value is -1.11. The van der Waals surface area contributed by atoms with Crippen molar-refractivity contribution in [3.05, 3.63) is 28.8 Å². The largest absolute Gasteiger partial charge is 0.478 e. The van der Waals surface area contributed by atoms with E-state index in [2.05, 4.69) is 4.72 Å². The van der Waals surface area contributed by atoms with Crippen molar-refractivity contribution in [1.29, 1.82) is 0 Å². The van der Waals surface area contributed by atoms with Crippen molar-refractivity contribution in [2.45, 2.75) is 50.0 Å². The third-order valence-electron chi connectivity index (χ3n) is 6.70. The number of halogens is 1. The summed E-state index contributed by atoms with van der Waals surface area (Å²) in [4.78, 5) is 11.2. The van der Waals surface area contributed by atoms with E-state index in [0.29, 0.717) is 17.8 Å². The molecule has 0 aliphatic heterocycles. The van der Waals surface area contributed by atoms with Crippen LogP contribution in [0.1, 0.15) is 49.4 Å². The molecule has 4 saturated carbocycles. The van der Waals surface area contributed by atoms with Crippen LogP contribution in [-0.2, 0) is 10.0 Å². The number of carboxylic acids is 1. The lowest BCUT2D eigenvalue weighted by atomic mass is 9.51. The quantitative estimate of drug-likeness (QED) is 0.791. The highest BCUT2D eigenvalue weighted by Gasteiger charge is 2.50. The third-order valence-corrected chi connectivity index (χ3v) is 8.58. The second kappa shape index (κ2) is 6.50. The van der Waals surface area contributed by atoms with Gasteiger partial charge < -0.3 is 5.11 Å². The standard InChI is InChI=1S/C19H24ClNO4S/c1-10(18-13-5-11-4-12(7-13)8-14(18)6-11)21-26(24,25)15-2-3-17(20)16(9-15)19(22)23/h2-3,9-14,18,21H,4-8H2,1H3,(H,22,23). The fraction of sp³-hybridized carbons (Fsp3) is 0.632. The topological polar surface area (TPSA) is 83.5 Å². The molecule has 2 N–H and O–H groups in total. The van der Waals surface area contributed by atoms with Gasteiger partial charge in [-0.3, -0.25) is 0 Å². The van der Waals surface area contributed by atoms with Crippen molar-refractivity contribution in [2.24, 2.45) is 29.6 Å². The van der Waals surface area contributed by atoms with Crippen LogP contribution < -0.4 is 4.72 Å². The van der Waals surface area contributed by atoms with Gasteiger partial charge in [-0.05, 0) is 86.8 Å². The molecule has 0 amide bonds. The fourth-order valence-corrected chi connectivity index (χ4v) is 7.51. The molecule has 26 heavy (non-hydrogen) atoms. The lowest BCUT2D eigenvalue weighted by Gasteiger charge is -2.56. The minimum atomic E-state index is -3.79. The molecule has 1 aromatic carbocycles. The molecule has 0 radical (unpaired) electrons. The van der Waals surface area contributed by atoms with Crippen LogP contribution >= 0.6 is 11.6 Å². The van der Waals surface area contributed by atoms with Crippen LogP contribution in [-0.4, -0.2) is 25.5 Å². The van der Waals surface area contributed by atoms with Crippen LogP contribution in [0.5, 0.6) is 0 Å². The summed E-state index contributed by atoms with van der Waals surface area (Å²) in [6.07, 6.45) is 6.28. The van der Waals surface area contributed by atoms with Crippen molar-refractivity contribution >= 4 is 27.6 Å². The van der Waals surface area contributed by atoms with Crippen molar-refractivity contribution < 1.29 is 18.3 Å². The number of hydrogen-bond acceptors (Lipinski definition) is 3. The summed E-state index contributed by atoms with van der Waals surface area (Å²) in [6, 6.07) is 3.67. The molecular formula is C19H24ClNO4S. The Morgan fingerprint density at radius 2 is 1.73 bits per heavy atom. The highest BCUT2D eigenvalue weighted by atomic mass is 35.5. The van der Waals surface area contributed by atoms with Gasteiger partial charge in [-0.25, -0.2) is 17.9 Å². The van der Waals surface area contributed by atoms with Crippen molar-refractivity contribution in [1.82, 2.24) is 4.72 Å². The molecular weight excluding hydrogens is 374 g/mol. The smallest absolute Gasteiger partial charge is 0.337 e. The van der Waals surface area contributed by atoms with Crippen LogP contribution in [0.4, 0.5) is 0 Å². The van der Waals surface area contributed by atoms with E-state index in [0.717, 1.165) is 17.9 Å². The molecule has 0 heterocycles. The summed E-state index contributed by atoms with van der Waals surface area (Å²) in [7, 11) is -3.79. The predicted octanol–water partition coefficient (Wildman–Crippen LogP) is 3.78. The third kappa shape index (κ3) is 3.16. The molecule has 4 aliphatic rings. The summed E-state index contributed by atoms with van der Waals surface area (Å²) < 4.78 is 28.5. The van der Waals surface area contributed by atoms with Crippen LogP contribution in [0, 0.1) is 29.6 Å². The Morgan fingerprint density at radius 3 is 2.27 bits per heavy atom. The average Bonchev–Trinajstić information content (AvgIpc) is 2.53. The molecule has 4 fully saturated rings.